The lowest BCUT2D eigenvalue weighted by Gasteiger charge is -2.24. The van der Waals surface area contributed by atoms with Gasteiger partial charge in [-0.1, -0.05) is 36.0 Å². The van der Waals surface area contributed by atoms with E-state index >= 15 is 0 Å². The van der Waals surface area contributed by atoms with Crippen molar-refractivity contribution in [3.05, 3.63) is 59.7 Å². The van der Waals surface area contributed by atoms with Gasteiger partial charge < -0.3 is 15.0 Å². The Morgan fingerprint density at radius 2 is 1.97 bits per heavy atom. The summed E-state index contributed by atoms with van der Waals surface area (Å²) in [6, 6.07) is 14.1. The Hall–Kier alpha value is -2.85. The number of benzene rings is 2. The van der Waals surface area contributed by atoms with Crippen LogP contribution in [0.3, 0.4) is 0 Å². The summed E-state index contributed by atoms with van der Waals surface area (Å²) in [4.78, 5) is 31.8. The predicted octanol–water partition coefficient (Wildman–Crippen LogP) is 2.89. The number of para-hydroxylation sites is 1. The molecule has 1 fully saturated rings. The second-order valence-electron chi connectivity index (χ2n) is 7.95. The average molecular weight is 488 g/mol. The number of hydrogen-bond acceptors (Lipinski definition) is 8. The predicted molar refractivity (Wildman–Crippen MR) is 131 cm³/mol. The SMILES string of the molecule is CCOC(=O)c1ccccc1NC(=O)CN(C1=N[C@@H]2CS(=O)(=O)C[C@@H]2S1)c1cccc(C)c1. The normalized spacial score (nSPS) is 20.6. The van der Waals surface area contributed by atoms with E-state index in [9.17, 15) is 18.0 Å². The second kappa shape index (κ2) is 9.56. The molecule has 10 heteroatoms. The van der Waals surface area contributed by atoms with Crippen LogP contribution < -0.4 is 10.2 Å². The maximum absolute atomic E-state index is 13.1. The van der Waals surface area contributed by atoms with Gasteiger partial charge in [-0.3, -0.25) is 9.79 Å². The summed E-state index contributed by atoms with van der Waals surface area (Å²) in [6.45, 7) is 3.87. The Kier molecular flexibility index (Phi) is 6.76. The minimum absolute atomic E-state index is 0.0366. The molecule has 2 aliphatic heterocycles. The standard InChI is InChI=1S/C23H25N3O5S2/c1-3-31-22(28)17-9-4-5-10-18(17)24-21(27)12-26(16-8-6-7-15(2)11-16)23-25-19-13-33(29,30)14-20(19)32-23/h4-11,19-20H,3,12-14H2,1-2H3,(H,24,27)/t19-,20+/m1/s1. The number of ether oxygens (including phenoxy) is 1. The van der Waals surface area contributed by atoms with Crippen molar-refractivity contribution in [2.24, 2.45) is 4.99 Å². The van der Waals surface area contributed by atoms with Crippen molar-refractivity contribution in [1.82, 2.24) is 0 Å². The van der Waals surface area contributed by atoms with E-state index in [1.807, 2.05) is 31.2 Å². The fraction of sp³-hybridized carbons (Fsp3) is 0.348. The Morgan fingerprint density at radius 1 is 1.18 bits per heavy atom. The van der Waals surface area contributed by atoms with E-state index in [0.717, 1.165) is 11.3 Å². The van der Waals surface area contributed by atoms with Crippen LogP contribution in [0.4, 0.5) is 11.4 Å². The third-order valence-electron chi connectivity index (χ3n) is 5.35. The van der Waals surface area contributed by atoms with Gasteiger partial charge >= 0.3 is 5.97 Å². The molecule has 4 rings (SSSR count). The van der Waals surface area contributed by atoms with Crippen LogP contribution in [0, 0.1) is 6.92 Å². The van der Waals surface area contributed by atoms with Crippen LogP contribution in [0.5, 0.6) is 0 Å². The van der Waals surface area contributed by atoms with Crippen molar-refractivity contribution in [3.63, 3.8) is 0 Å². The van der Waals surface area contributed by atoms with E-state index in [1.54, 1.807) is 36.1 Å². The molecule has 0 radical (unpaired) electrons. The van der Waals surface area contributed by atoms with Crippen LogP contribution in [-0.2, 0) is 19.4 Å². The lowest BCUT2D eigenvalue weighted by atomic mass is 10.1. The number of aliphatic imine (C=N–C) groups is 1. The number of rotatable bonds is 6. The number of fused-ring (bicyclic) bond motifs is 1. The highest BCUT2D eigenvalue weighted by atomic mass is 32.2. The molecule has 1 amide bonds. The molecule has 1 saturated heterocycles. The number of esters is 1. The highest BCUT2D eigenvalue weighted by Gasteiger charge is 2.44. The van der Waals surface area contributed by atoms with E-state index in [2.05, 4.69) is 10.3 Å². The number of aryl methyl sites for hydroxylation is 1. The first-order valence-electron chi connectivity index (χ1n) is 10.6. The van der Waals surface area contributed by atoms with Gasteiger partial charge in [0.1, 0.15) is 6.54 Å². The second-order valence-corrected chi connectivity index (χ2v) is 11.3. The number of sulfone groups is 1. The Bertz CT molecular complexity index is 1210. The average Bonchev–Trinajstić information content (AvgIpc) is 3.26. The number of carbonyl (C=O) groups excluding carboxylic acids is 2. The number of amidine groups is 1. The van der Waals surface area contributed by atoms with Crippen molar-refractivity contribution in [2.45, 2.75) is 25.1 Å². The zero-order valence-electron chi connectivity index (χ0n) is 18.4. The maximum atomic E-state index is 13.1. The van der Waals surface area contributed by atoms with Gasteiger partial charge in [-0.15, -0.1) is 0 Å². The number of thioether (sulfide) groups is 1. The molecule has 33 heavy (non-hydrogen) atoms. The molecular formula is C23H25N3O5S2. The van der Waals surface area contributed by atoms with E-state index < -0.39 is 15.8 Å². The molecule has 8 nitrogen and oxygen atoms in total. The summed E-state index contributed by atoms with van der Waals surface area (Å²) in [5.41, 5.74) is 2.46. The van der Waals surface area contributed by atoms with Crippen molar-refractivity contribution in [3.8, 4) is 0 Å². The number of nitrogens with one attached hydrogen (secondary N) is 1. The quantitative estimate of drug-likeness (QED) is 0.625. The Balaban J connectivity index is 1.57. The number of amides is 1. The molecule has 0 aliphatic carbocycles. The number of nitrogens with zero attached hydrogens (tertiary/aromatic N) is 2. The van der Waals surface area contributed by atoms with Gasteiger partial charge in [-0.2, -0.15) is 0 Å². The molecule has 0 saturated carbocycles. The van der Waals surface area contributed by atoms with Crippen LogP contribution in [0.15, 0.2) is 53.5 Å². The summed E-state index contributed by atoms with van der Waals surface area (Å²) in [7, 11) is -3.08. The van der Waals surface area contributed by atoms with Gasteiger partial charge in [0.15, 0.2) is 15.0 Å². The molecule has 0 bridgehead atoms. The minimum atomic E-state index is -3.08. The smallest absolute Gasteiger partial charge is 0.340 e. The highest BCUT2D eigenvalue weighted by Crippen LogP contribution is 2.37. The first-order chi connectivity index (χ1) is 15.8. The fourth-order valence-electron chi connectivity index (χ4n) is 3.85. The molecule has 174 valence electrons. The number of anilines is 2. The summed E-state index contributed by atoms with van der Waals surface area (Å²) >= 11 is 1.40. The van der Waals surface area contributed by atoms with E-state index in [0.29, 0.717) is 10.9 Å². The monoisotopic (exact) mass is 487 g/mol. The molecule has 1 N–H and O–H groups in total. The van der Waals surface area contributed by atoms with Crippen molar-refractivity contribution in [1.29, 1.82) is 0 Å². The Labute approximate surface area is 197 Å². The van der Waals surface area contributed by atoms with E-state index in [4.69, 9.17) is 4.74 Å². The summed E-state index contributed by atoms with van der Waals surface area (Å²) in [5, 5.41) is 3.30. The van der Waals surface area contributed by atoms with Gasteiger partial charge in [0.25, 0.3) is 0 Å². The first kappa shape index (κ1) is 23.3. The van der Waals surface area contributed by atoms with Gasteiger partial charge in [-0.25, -0.2) is 13.2 Å². The van der Waals surface area contributed by atoms with E-state index in [-0.39, 0.29) is 47.4 Å². The molecule has 0 aromatic heterocycles. The van der Waals surface area contributed by atoms with Crippen molar-refractivity contribution >= 4 is 50.0 Å². The first-order valence-corrected chi connectivity index (χ1v) is 13.3. The zero-order valence-corrected chi connectivity index (χ0v) is 20.0. The van der Waals surface area contributed by atoms with Crippen LogP contribution >= 0.6 is 11.8 Å². The molecule has 2 heterocycles. The number of hydrogen-bond donors (Lipinski definition) is 1. The van der Waals surface area contributed by atoms with Gasteiger partial charge in [-0.05, 0) is 43.7 Å². The van der Waals surface area contributed by atoms with Crippen LogP contribution in [-0.4, -0.2) is 61.4 Å². The van der Waals surface area contributed by atoms with Gasteiger partial charge in [0.05, 0.1) is 35.4 Å². The molecule has 2 aromatic rings. The van der Waals surface area contributed by atoms with Crippen LogP contribution in [0.2, 0.25) is 0 Å². The lowest BCUT2D eigenvalue weighted by molar-refractivity contribution is -0.114. The lowest BCUT2D eigenvalue weighted by Crippen LogP contribution is -2.37. The molecule has 2 aliphatic rings. The molecule has 2 atom stereocenters. The molecule has 0 spiro atoms. The summed E-state index contributed by atoms with van der Waals surface area (Å²) in [5.74, 6) is -0.708. The van der Waals surface area contributed by atoms with Crippen LogP contribution in [0.25, 0.3) is 0 Å². The highest BCUT2D eigenvalue weighted by molar-refractivity contribution is 8.15. The zero-order chi connectivity index (χ0) is 23.6. The van der Waals surface area contributed by atoms with Crippen LogP contribution in [0.1, 0.15) is 22.8 Å². The molecule has 0 unspecified atom stereocenters. The van der Waals surface area contributed by atoms with Gasteiger partial charge in [0, 0.05) is 10.9 Å². The minimum Gasteiger partial charge on any atom is -0.462 e. The number of carbonyl (C=O) groups is 2. The molecule has 2 aromatic carbocycles. The maximum Gasteiger partial charge on any atom is 0.340 e. The molecular weight excluding hydrogens is 462 g/mol. The van der Waals surface area contributed by atoms with Crippen molar-refractivity contribution < 1.29 is 22.7 Å². The topological polar surface area (TPSA) is 105 Å². The summed E-state index contributed by atoms with van der Waals surface area (Å²) in [6.07, 6.45) is 0. The van der Waals surface area contributed by atoms with E-state index in [1.165, 1.54) is 11.8 Å². The largest absolute Gasteiger partial charge is 0.462 e. The third-order valence-corrected chi connectivity index (χ3v) is 8.60. The fourth-order valence-corrected chi connectivity index (χ4v) is 7.63. The van der Waals surface area contributed by atoms with Gasteiger partial charge in [0.2, 0.25) is 5.91 Å². The van der Waals surface area contributed by atoms with Crippen molar-refractivity contribution in [2.75, 3.05) is 34.9 Å². The third kappa shape index (κ3) is 5.39. The Morgan fingerprint density at radius 3 is 2.70 bits per heavy atom. The summed E-state index contributed by atoms with van der Waals surface area (Å²) < 4.78 is 29.0.